The Hall–Kier alpha value is -3.72. The maximum Gasteiger partial charge on any atom is 0.261 e. The van der Waals surface area contributed by atoms with Crippen LogP contribution < -0.4 is 10.0 Å². The molecule has 4 aromatic rings. The second-order valence-electron chi connectivity index (χ2n) is 6.75. The van der Waals surface area contributed by atoms with Crippen LogP contribution in [0.15, 0.2) is 78.1 Å². The summed E-state index contributed by atoms with van der Waals surface area (Å²) < 4.78 is 29.2. The van der Waals surface area contributed by atoms with Crippen molar-refractivity contribution < 1.29 is 8.42 Å². The first-order chi connectivity index (χ1) is 14.4. The number of nitrogens with zero attached hydrogens (tertiary/aromatic N) is 4. The number of rotatable bonds is 6. The minimum atomic E-state index is -3.63. The van der Waals surface area contributed by atoms with Crippen LogP contribution in [0, 0.1) is 6.92 Å². The Morgan fingerprint density at radius 3 is 2.33 bits per heavy atom. The molecule has 152 valence electrons. The lowest BCUT2D eigenvalue weighted by atomic mass is 10.1. The van der Waals surface area contributed by atoms with Gasteiger partial charge in [0.05, 0.1) is 22.5 Å². The molecule has 0 radical (unpaired) electrons. The molecule has 30 heavy (non-hydrogen) atoms. The number of benzene rings is 2. The zero-order valence-electron chi connectivity index (χ0n) is 16.4. The Kier molecular flexibility index (Phi) is 5.20. The number of aryl methyl sites for hydroxylation is 2. The molecule has 0 saturated carbocycles. The first-order valence-electron chi connectivity index (χ1n) is 9.18. The monoisotopic (exact) mass is 420 g/mol. The number of hydrogen-bond donors (Lipinski definition) is 2. The van der Waals surface area contributed by atoms with Gasteiger partial charge in [0.1, 0.15) is 0 Å². The van der Waals surface area contributed by atoms with Crippen LogP contribution in [0.25, 0.3) is 11.3 Å². The molecule has 0 saturated heterocycles. The van der Waals surface area contributed by atoms with Gasteiger partial charge in [-0.05, 0) is 36.8 Å². The van der Waals surface area contributed by atoms with Gasteiger partial charge in [-0.2, -0.15) is 5.10 Å². The number of nitrogens with one attached hydrogen (secondary N) is 2. The van der Waals surface area contributed by atoms with Gasteiger partial charge in [-0.3, -0.25) is 9.40 Å². The molecule has 2 aromatic carbocycles. The molecule has 0 atom stereocenters. The van der Waals surface area contributed by atoms with Crippen LogP contribution in [0.1, 0.15) is 5.56 Å². The SMILES string of the molecule is Cc1cnc(Nc2cnn(C)c2)nc1-c1ccc(NS(=O)(=O)c2ccccc2)cc1. The summed E-state index contributed by atoms with van der Waals surface area (Å²) in [6, 6.07) is 15.3. The Labute approximate surface area is 174 Å². The minimum Gasteiger partial charge on any atom is -0.321 e. The van der Waals surface area contributed by atoms with E-state index in [1.165, 1.54) is 0 Å². The molecule has 9 heteroatoms. The van der Waals surface area contributed by atoms with Gasteiger partial charge in [0.2, 0.25) is 5.95 Å². The highest BCUT2D eigenvalue weighted by Gasteiger charge is 2.14. The van der Waals surface area contributed by atoms with Crippen molar-refractivity contribution in [2.24, 2.45) is 7.05 Å². The normalized spacial score (nSPS) is 11.3. The lowest BCUT2D eigenvalue weighted by molar-refractivity contribution is 0.601. The van der Waals surface area contributed by atoms with Crippen molar-refractivity contribution in [3.8, 4) is 11.3 Å². The van der Waals surface area contributed by atoms with Crippen LogP contribution in [0.3, 0.4) is 0 Å². The fourth-order valence-corrected chi connectivity index (χ4v) is 4.00. The number of aromatic nitrogens is 4. The van der Waals surface area contributed by atoms with E-state index in [2.05, 4.69) is 25.1 Å². The summed E-state index contributed by atoms with van der Waals surface area (Å²) in [6.45, 7) is 1.93. The molecule has 0 amide bonds. The molecule has 0 fully saturated rings. The maximum absolute atomic E-state index is 12.5. The van der Waals surface area contributed by atoms with Gasteiger partial charge in [0.25, 0.3) is 10.0 Å². The predicted octanol–water partition coefficient (Wildman–Crippen LogP) is 3.73. The average Bonchev–Trinajstić information content (AvgIpc) is 3.15. The summed E-state index contributed by atoms with van der Waals surface area (Å²) >= 11 is 0. The highest BCUT2D eigenvalue weighted by Crippen LogP contribution is 2.25. The molecule has 0 aliphatic carbocycles. The summed E-state index contributed by atoms with van der Waals surface area (Å²) in [5.74, 6) is 0.456. The van der Waals surface area contributed by atoms with Gasteiger partial charge in [0, 0.05) is 30.7 Å². The van der Waals surface area contributed by atoms with Crippen LogP contribution in [0.2, 0.25) is 0 Å². The molecule has 0 bridgehead atoms. The van der Waals surface area contributed by atoms with Crippen LogP contribution >= 0.6 is 0 Å². The molecular weight excluding hydrogens is 400 g/mol. The highest BCUT2D eigenvalue weighted by atomic mass is 32.2. The second kappa shape index (κ2) is 7.96. The molecule has 2 aromatic heterocycles. The first kappa shape index (κ1) is 19.6. The Morgan fingerprint density at radius 1 is 0.933 bits per heavy atom. The van der Waals surface area contributed by atoms with Crippen LogP contribution in [-0.4, -0.2) is 28.2 Å². The zero-order valence-corrected chi connectivity index (χ0v) is 17.3. The largest absolute Gasteiger partial charge is 0.321 e. The van der Waals surface area contributed by atoms with Crippen molar-refractivity contribution in [3.63, 3.8) is 0 Å². The Balaban J connectivity index is 1.56. The van der Waals surface area contributed by atoms with E-state index >= 15 is 0 Å². The maximum atomic E-state index is 12.5. The summed E-state index contributed by atoms with van der Waals surface area (Å²) in [7, 11) is -1.80. The van der Waals surface area contributed by atoms with Crippen molar-refractivity contribution >= 4 is 27.3 Å². The number of anilines is 3. The average molecular weight is 420 g/mol. The molecule has 2 heterocycles. The molecule has 0 aliphatic heterocycles. The lowest BCUT2D eigenvalue weighted by Crippen LogP contribution is -2.12. The quantitative estimate of drug-likeness (QED) is 0.493. The molecule has 4 rings (SSSR count). The highest BCUT2D eigenvalue weighted by molar-refractivity contribution is 7.92. The molecule has 8 nitrogen and oxygen atoms in total. The summed E-state index contributed by atoms with van der Waals surface area (Å²) in [5.41, 5.74) is 3.78. The molecular formula is C21H20N6O2S. The Bertz CT molecular complexity index is 1270. The van der Waals surface area contributed by atoms with Crippen LogP contribution in [-0.2, 0) is 17.1 Å². The van der Waals surface area contributed by atoms with Gasteiger partial charge in [0.15, 0.2) is 0 Å². The fourth-order valence-electron chi connectivity index (χ4n) is 2.92. The van der Waals surface area contributed by atoms with Crippen molar-refractivity contribution in [1.82, 2.24) is 19.7 Å². The van der Waals surface area contributed by atoms with Crippen molar-refractivity contribution in [3.05, 3.63) is 78.8 Å². The lowest BCUT2D eigenvalue weighted by Gasteiger charge is -2.10. The van der Waals surface area contributed by atoms with Crippen molar-refractivity contribution in [2.75, 3.05) is 10.0 Å². The van der Waals surface area contributed by atoms with E-state index in [0.29, 0.717) is 11.6 Å². The van der Waals surface area contributed by atoms with Crippen molar-refractivity contribution in [2.45, 2.75) is 11.8 Å². The molecule has 0 spiro atoms. The van der Waals surface area contributed by atoms with Gasteiger partial charge in [-0.25, -0.2) is 18.4 Å². The van der Waals surface area contributed by atoms with E-state index in [-0.39, 0.29) is 4.90 Å². The van der Waals surface area contributed by atoms with Gasteiger partial charge in [-0.1, -0.05) is 30.3 Å². The zero-order chi connectivity index (χ0) is 21.1. The van der Waals surface area contributed by atoms with Gasteiger partial charge in [-0.15, -0.1) is 0 Å². The third-order valence-electron chi connectivity index (χ3n) is 4.40. The van der Waals surface area contributed by atoms with Gasteiger partial charge >= 0.3 is 0 Å². The third-order valence-corrected chi connectivity index (χ3v) is 5.79. The van der Waals surface area contributed by atoms with E-state index in [1.807, 2.05) is 32.3 Å². The van der Waals surface area contributed by atoms with E-state index in [9.17, 15) is 8.42 Å². The summed E-state index contributed by atoms with van der Waals surface area (Å²) in [6.07, 6.45) is 5.26. The topological polar surface area (TPSA) is 102 Å². The van der Waals surface area contributed by atoms with E-state index in [4.69, 9.17) is 0 Å². The minimum absolute atomic E-state index is 0.215. The summed E-state index contributed by atoms with van der Waals surface area (Å²) in [4.78, 5) is 9.13. The van der Waals surface area contributed by atoms with Crippen LogP contribution in [0.4, 0.5) is 17.3 Å². The number of hydrogen-bond acceptors (Lipinski definition) is 6. The molecule has 0 unspecified atom stereocenters. The summed E-state index contributed by atoms with van der Waals surface area (Å²) in [5, 5.41) is 7.24. The van der Waals surface area contributed by atoms with E-state index in [0.717, 1.165) is 22.5 Å². The molecule has 2 N–H and O–H groups in total. The van der Waals surface area contributed by atoms with E-state index < -0.39 is 10.0 Å². The Morgan fingerprint density at radius 2 is 1.67 bits per heavy atom. The standard InChI is InChI=1S/C21H20N6O2S/c1-15-12-22-21(24-18-13-23-27(2)14-18)25-20(15)16-8-10-17(11-9-16)26-30(28,29)19-6-4-3-5-7-19/h3-14,26H,1-2H3,(H,22,24,25). The first-order valence-corrected chi connectivity index (χ1v) is 10.7. The van der Waals surface area contributed by atoms with Crippen LogP contribution in [0.5, 0.6) is 0 Å². The van der Waals surface area contributed by atoms with Crippen molar-refractivity contribution in [1.29, 1.82) is 0 Å². The number of sulfonamides is 1. The second-order valence-corrected chi connectivity index (χ2v) is 8.43. The third kappa shape index (κ3) is 4.31. The van der Waals surface area contributed by atoms with Gasteiger partial charge < -0.3 is 5.32 Å². The smallest absolute Gasteiger partial charge is 0.261 e. The van der Waals surface area contributed by atoms with E-state index in [1.54, 1.807) is 59.5 Å². The fraction of sp³-hybridized carbons (Fsp3) is 0.0952. The predicted molar refractivity (Wildman–Crippen MR) is 116 cm³/mol. The molecule has 0 aliphatic rings.